The minimum atomic E-state index is -1.56. The molecule has 5 atom stereocenters. The minimum absolute atomic E-state index is 0.0245. The Hall–Kier alpha value is -2.54. The molecule has 1 amide bonds. The van der Waals surface area contributed by atoms with E-state index in [2.05, 4.69) is 15.6 Å². The Morgan fingerprint density at radius 3 is 2.69 bits per heavy atom. The fourth-order valence-electron chi connectivity index (χ4n) is 4.00. The van der Waals surface area contributed by atoms with E-state index >= 15 is 0 Å². The molecule has 2 aromatic rings. The lowest BCUT2D eigenvalue weighted by Crippen LogP contribution is -2.56. The molecule has 174 valence electrons. The summed E-state index contributed by atoms with van der Waals surface area (Å²) in [5.74, 6) is -4.66. The third-order valence-corrected chi connectivity index (χ3v) is 5.70. The van der Waals surface area contributed by atoms with Gasteiger partial charge in [-0.05, 0) is 25.0 Å². The second-order valence-electron chi connectivity index (χ2n) is 7.73. The summed E-state index contributed by atoms with van der Waals surface area (Å²) in [6, 6.07) is 0.750. The smallest absolute Gasteiger partial charge is 0.252 e. The highest BCUT2D eigenvalue weighted by atomic mass is 19.2. The molecule has 12 heteroatoms. The topological polar surface area (TPSA) is 108 Å². The summed E-state index contributed by atoms with van der Waals surface area (Å²) in [7, 11) is 1.43. The van der Waals surface area contributed by atoms with Crippen molar-refractivity contribution in [1.82, 2.24) is 20.3 Å². The summed E-state index contributed by atoms with van der Waals surface area (Å²) in [6.07, 6.45) is -0.165. The van der Waals surface area contributed by atoms with Crippen LogP contribution in [0.25, 0.3) is 11.3 Å². The van der Waals surface area contributed by atoms with E-state index < -0.39 is 53.8 Å². The van der Waals surface area contributed by atoms with E-state index in [1.165, 1.54) is 18.0 Å². The standard InChI is InChI=1S/C20H23F3N4O5/c1-30-18-15(3-5-32-19(18)20(29)24-13-2-4-31-9-16(13)28)27-8-14(25-26-27)10-6-11(21)17(23)12(22)7-10/h6-8,13,15-16,18-19,28H,2-5,9H2,1H3,(H,24,29)/t13-,15?,16-,18?,19?/m1/s1. The van der Waals surface area contributed by atoms with Gasteiger partial charge in [-0.15, -0.1) is 5.10 Å². The first-order valence-corrected chi connectivity index (χ1v) is 10.2. The van der Waals surface area contributed by atoms with Crippen LogP contribution in [0.1, 0.15) is 18.9 Å². The SMILES string of the molecule is COC1C(C(=O)N[C@@H]2CCOC[C@H]2O)OCCC1n1cc(-c2cc(F)c(F)c(F)c2)nn1. The number of halogens is 3. The number of hydrogen-bond acceptors (Lipinski definition) is 7. The average Bonchev–Trinajstić information content (AvgIpc) is 3.28. The highest BCUT2D eigenvalue weighted by molar-refractivity contribution is 5.82. The van der Waals surface area contributed by atoms with Crippen molar-refractivity contribution in [2.75, 3.05) is 26.9 Å². The van der Waals surface area contributed by atoms with E-state index in [-0.39, 0.29) is 24.5 Å². The average molecular weight is 456 g/mol. The summed E-state index contributed by atoms with van der Waals surface area (Å²) in [5, 5.41) is 20.8. The lowest BCUT2D eigenvalue weighted by Gasteiger charge is -2.37. The lowest BCUT2D eigenvalue weighted by molar-refractivity contribution is -0.159. The third-order valence-electron chi connectivity index (χ3n) is 5.70. The molecular formula is C20H23F3N4O5. The second-order valence-corrected chi connectivity index (χ2v) is 7.73. The van der Waals surface area contributed by atoms with Crippen LogP contribution in [-0.4, -0.2) is 77.3 Å². The van der Waals surface area contributed by atoms with Crippen molar-refractivity contribution in [2.45, 2.75) is 43.2 Å². The molecule has 0 spiro atoms. The number of benzene rings is 1. The Balaban J connectivity index is 1.52. The Morgan fingerprint density at radius 1 is 1.25 bits per heavy atom. The molecule has 0 bridgehead atoms. The van der Waals surface area contributed by atoms with Gasteiger partial charge in [-0.1, -0.05) is 5.21 Å². The van der Waals surface area contributed by atoms with Crippen molar-refractivity contribution < 1.29 is 37.3 Å². The largest absolute Gasteiger partial charge is 0.389 e. The van der Waals surface area contributed by atoms with Crippen LogP contribution in [0.2, 0.25) is 0 Å². The highest BCUT2D eigenvalue weighted by Gasteiger charge is 2.42. The number of aliphatic hydroxyl groups excluding tert-OH is 1. The zero-order valence-electron chi connectivity index (χ0n) is 17.2. The molecule has 0 aliphatic carbocycles. The number of rotatable bonds is 5. The highest BCUT2D eigenvalue weighted by Crippen LogP contribution is 2.30. The molecule has 1 aromatic heterocycles. The normalized spacial score (nSPS) is 28.5. The molecule has 3 heterocycles. The van der Waals surface area contributed by atoms with Gasteiger partial charge in [0.25, 0.3) is 5.91 Å². The fraction of sp³-hybridized carbons (Fsp3) is 0.550. The molecule has 2 fully saturated rings. The Kier molecular flexibility index (Phi) is 6.74. The van der Waals surface area contributed by atoms with Crippen molar-refractivity contribution in [3.05, 3.63) is 35.8 Å². The van der Waals surface area contributed by atoms with Gasteiger partial charge in [0.2, 0.25) is 0 Å². The van der Waals surface area contributed by atoms with Gasteiger partial charge >= 0.3 is 0 Å². The Labute approximate surface area is 181 Å². The number of aliphatic hydroxyl groups is 1. The first-order chi connectivity index (χ1) is 15.4. The Morgan fingerprint density at radius 2 is 2.00 bits per heavy atom. The van der Waals surface area contributed by atoms with Crippen LogP contribution < -0.4 is 5.32 Å². The van der Waals surface area contributed by atoms with Gasteiger partial charge < -0.3 is 24.6 Å². The van der Waals surface area contributed by atoms with Gasteiger partial charge in [0.05, 0.1) is 31.0 Å². The second kappa shape index (κ2) is 9.53. The first kappa shape index (κ1) is 22.6. The molecule has 2 aliphatic heterocycles. The van der Waals surface area contributed by atoms with Crippen molar-refractivity contribution in [2.24, 2.45) is 0 Å². The first-order valence-electron chi connectivity index (χ1n) is 10.2. The zero-order valence-corrected chi connectivity index (χ0v) is 17.2. The molecule has 2 N–H and O–H groups in total. The quantitative estimate of drug-likeness (QED) is 0.646. The fourth-order valence-corrected chi connectivity index (χ4v) is 4.00. The van der Waals surface area contributed by atoms with Crippen LogP contribution in [-0.2, 0) is 19.0 Å². The molecule has 0 saturated carbocycles. The van der Waals surface area contributed by atoms with Crippen molar-refractivity contribution in [1.29, 1.82) is 0 Å². The summed E-state index contributed by atoms with van der Waals surface area (Å²) in [6.45, 7) is 0.795. The summed E-state index contributed by atoms with van der Waals surface area (Å²) in [4.78, 5) is 12.9. The third kappa shape index (κ3) is 4.49. The molecule has 9 nitrogen and oxygen atoms in total. The van der Waals surface area contributed by atoms with Gasteiger partial charge in [-0.25, -0.2) is 17.9 Å². The molecule has 0 radical (unpaired) electrons. The molecule has 1 aromatic carbocycles. The number of aromatic nitrogens is 3. The summed E-state index contributed by atoms with van der Waals surface area (Å²) < 4.78 is 58.2. The Bertz CT molecular complexity index is 951. The predicted molar refractivity (Wildman–Crippen MR) is 103 cm³/mol. The number of nitrogens with zero attached hydrogens (tertiary/aromatic N) is 3. The lowest BCUT2D eigenvalue weighted by atomic mass is 9.97. The van der Waals surface area contributed by atoms with Crippen LogP contribution >= 0.6 is 0 Å². The van der Waals surface area contributed by atoms with Gasteiger partial charge in [0.1, 0.15) is 11.8 Å². The van der Waals surface area contributed by atoms with Crippen LogP contribution in [0.5, 0.6) is 0 Å². The number of carbonyl (C=O) groups excluding carboxylic acids is 1. The van der Waals surface area contributed by atoms with E-state index in [4.69, 9.17) is 14.2 Å². The number of ether oxygens (including phenoxy) is 3. The molecule has 4 rings (SSSR count). The van der Waals surface area contributed by atoms with E-state index in [1.54, 1.807) is 0 Å². The van der Waals surface area contributed by atoms with Crippen molar-refractivity contribution in [3.63, 3.8) is 0 Å². The van der Waals surface area contributed by atoms with Gasteiger partial charge in [0, 0.05) is 25.9 Å². The van der Waals surface area contributed by atoms with E-state index in [0.29, 0.717) is 19.4 Å². The van der Waals surface area contributed by atoms with Gasteiger partial charge in [-0.2, -0.15) is 0 Å². The summed E-state index contributed by atoms with van der Waals surface area (Å²) >= 11 is 0. The van der Waals surface area contributed by atoms with Crippen LogP contribution in [0.4, 0.5) is 13.2 Å². The molecule has 2 aliphatic rings. The number of hydrogen-bond donors (Lipinski definition) is 2. The predicted octanol–water partition coefficient (Wildman–Crippen LogP) is 0.973. The van der Waals surface area contributed by atoms with Crippen molar-refractivity contribution >= 4 is 5.91 Å². The molecular weight excluding hydrogens is 433 g/mol. The number of carbonyl (C=O) groups is 1. The van der Waals surface area contributed by atoms with Gasteiger partial charge in [0.15, 0.2) is 23.6 Å². The maximum absolute atomic E-state index is 13.6. The number of nitrogens with one attached hydrogen (secondary N) is 1. The number of methoxy groups -OCH3 is 1. The number of amides is 1. The zero-order chi connectivity index (χ0) is 22.8. The van der Waals surface area contributed by atoms with Crippen molar-refractivity contribution in [3.8, 4) is 11.3 Å². The van der Waals surface area contributed by atoms with E-state index in [9.17, 15) is 23.1 Å². The summed E-state index contributed by atoms with van der Waals surface area (Å²) in [5.41, 5.74) is 0.159. The molecule has 2 saturated heterocycles. The monoisotopic (exact) mass is 456 g/mol. The van der Waals surface area contributed by atoms with Crippen LogP contribution in [0, 0.1) is 17.5 Å². The molecule has 3 unspecified atom stereocenters. The van der Waals surface area contributed by atoms with Crippen LogP contribution in [0.3, 0.4) is 0 Å². The van der Waals surface area contributed by atoms with E-state index in [1.807, 2.05) is 0 Å². The minimum Gasteiger partial charge on any atom is -0.389 e. The van der Waals surface area contributed by atoms with Gasteiger partial charge in [-0.3, -0.25) is 4.79 Å². The molecule has 32 heavy (non-hydrogen) atoms. The van der Waals surface area contributed by atoms with E-state index in [0.717, 1.165) is 12.1 Å². The maximum atomic E-state index is 13.6. The van der Waals surface area contributed by atoms with Crippen LogP contribution in [0.15, 0.2) is 18.3 Å². The maximum Gasteiger partial charge on any atom is 0.252 e.